The fraction of sp³-hybridized carbons (Fsp3) is 0.636. The molecule has 158 valence electrons. The van der Waals surface area contributed by atoms with Crippen LogP contribution in [0.2, 0.25) is 0 Å². The minimum atomic E-state index is -0.770. The zero-order valence-electron chi connectivity index (χ0n) is 17.4. The molecule has 6 nitrogen and oxygen atoms in total. The lowest BCUT2D eigenvalue weighted by Crippen LogP contribution is -2.55. The zero-order chi connectivity index (χ0) is 20.4. The maximum absolute atomic E-state index is 13.2. The van der Waals surface area contributed by atoms with Crippen LogP contribution in [0.5, 0.6) is 5.75 Å². The number of thioether (sulfide) groups is 1. The van der Waals surface area contributed by atoms with Gasteiger partial charge in [-0.1, -0.05) is 12.1 Å². The topological polar surface area (TPSA) is 61.9 Å². The summed E-state index contributed by atoms with van der Waals surface area (Å²) in [6.45, 7) is 4.39. The van der Waals surface area contributed by atoms with Crippen LogP contribution in [0.4, 0.5) is 4.79 Å². The molecule has 0 radical (unpaired) electrons. The van der Waals surface area contributed by atoms with E-state index < -0.39 is 5.54 Å². The zero-order valence-corrected chi connectivity index (χ0v) is 18.2. The van der Waals surface area contributed by atoms with Gasteiger partial charge in [0.1, 0.15) is 11.3 Å². The molecular weight excluding hydrogens is 386 g/mol. The van der Waals surface area contributed by atoms with Crippen molar-refractivity contribution in [3.05, 3.63) is 29.8 Å². The molecule has 4 rings (SSSR count). The first-order valence-electron chi connectivity index (χ1n) is 10.6. The van der Waals surface area contributed by atoms with E-state index in [2.05, 4.69) is 10.2 Å². The van der Waals surface area contributed by atoms with Crippen LogP contribution in [0.3, 0.4) is 0 Å². The molecule has 3 amide bonds. The van der Waals surface area contributed by atoms with Crippen molar-refractivity contribution in [3.8, 4) is 5.75 Å². The fourth-order valence-corrected chi connectivity index (χ4v) is 6.14. The number of amides is 3. The van der Waals surface area contributed by atoms with E-state index in [9.17, 15) is 9.59 Å². The second-order valence-electron chi connectivity index (χ2n) is 8.52. The predicted molar refractivity (Wildman–Crippen MR) is 115 cm³/mol. The Morgan fingerprint density at radius 1 is 1.17 bits per heavy atom. The van der Waals surface area contributed by atoms with Crippen LogP contribution >= 0.6 is 11.8 Å². The van der Waals surface area contributed by atoms with E-state index in [4.69, 9.17) is 4.74 Å². The molecule has 3 aliphatic rings. The Labute approximate surface area is 177 Å². The highest BCUT2D eigenvalue weighted by atomic mass is 32.2. The van der Waals surface area contributed by atoms with E-state index in [0.29, 0.717) is 19.0 Å². The summed E-state index contributed by atoms with van der Waals surface area (Å²) in [6.07, 6.45) is 3.87. The van der Waals surface area contributed by atoms with Crippen LogP contribution in [-0.4, -0.2) is 71.6 Å². The van der Waals surface area contributed by atoms with E-state index in [0.717, 1.165) is 37.2 Å². The molecule has 1 aromatic carbocycles. The third-order valence-corrected chi connectivity index (χ3v) is 8.00. The first kappa shape index (κ1) is 20.5. The van der Waals surface area contributed by atoms with Crippen molar-refractivity contribution in [1.29, 1.82) is 0 Å². The Kier molecular flexibility index (Phi) is 6.06. The van der Waals surface area contributed by atoms with E-state index in [1.54, 1.807) is 7.11 Å². The molecule has 3 heterocycles. The van der Waals surface area contributed by atoms with Gasteiger partial charge in [0.05, 0.1) is 7.11 Å². The van der Waals surface area contributed by atoms with Crippen molar-refractivity contribution >= 4 is 23.7 Å². The number of piperidine rings is 1. The van der Waals surface area contributed by atoms with E-state index in [1.807, 2.05) is 43.0 Å². The molecule has 3 fully saturated rings. The maximum atomic E-state index is 13.2. The highest BCUT2D eigenvalue weighted by Gasteiger charge is 2.52. The van der Waals surface area contributed by atoms with E-state index in [1.165, 1.54) is 22.8 Å². The average Bonchev–Trinajstić information content (AvgIpc) is 3.35. The lowest BCUT2D eigenvalue weighted by Gasteiger charge is -2.41. The Morgan fingerprint density at radius 3 is 2.52 bits per heavy atom. The highest BCUT2D eigenvalue weighted by molar-refractivity contribution is 7.99. The molecule has 2 unspecified atom stereocenters. The molecule has 0 aromatic heterocycles. The van der Waals surface area contributed by atoms with E-state index in [-0.39, 0.29) is 17.9 Å². The number of ether oxygens (including phenoxy) is 1. The first-order valence-corrected chi connectivity index (χ1v) is 11.8. The van der Waals surface area contributed by atoms with Gasteiger partial charge in [-0.05, 0) is 75.1 Å². The Hall–Kier alpha value is -1.73. The number of hydrogen-bond donors (Lipinski definition) is 1. The summed E-state index contributed by atoms with van der Waals surface area (Å²) >= 11 is 2.04. The standard InChI is InChI=1S/C22H31N3O3S/c1-22(17-8-11-24(12-9-17)18-10-14-29-15-18)20(26)25(21(27)23-22)13-7-16-3-5-19(28-2)6-4-16/h3-6,17-18H,7-15H2,1-2H3,(H,23,27). The average molecular weight is 418 g/mol. The van der Waals surface area contributed by atoms with Crippen molar-refractivity contribution in [2.45, 2.75) is 44.2 Å². The number of rotatable bonds is 6. The molecule has 1 aromatic rings. The number of urea groups is 1. The van der Waals surface area contributed by atoms with Gasteiger partial charge in [0.25, 0.3) is 5.91 Å². The van der Waals surface area contributed by atoms with Gasteiger partial charge in [0.2, 0.25) is 0 Å². The number of nitrogens with one attached hydrogen (secondary N) is 1. The third-order valence-electron chi connectivity index (χ3n) is 6.85. The number of hydrogen-bond acceptors (Lipinski definition) is 5. The van der Waals surface area contributed by atoms with Crippen LogP contribution in [-0.2, 0) is 11.2 Å². The van der Waals surface area contributed by atoms with Gasteiger partial charge in [0.15, 0.2) is 0 Å². The van der Waals surface area contributed by atoms with E-state index >= 15 is 0 Å². The van der Waals surface area contributed by atoms with Crippen LogP contribution < -0.4 is 10.1 Å². The van der Waals surface area contributed by atoms with Crippen LogP contribution in [0, 0.1) is 5.92 Å². The lowest BCUT2D eigenvalue weighted by molar-refractivity contribution is -0.133. The normalized spacial score (nSPS) is 28.8. The quantitative estimate of drug-likeness (QED) is 0.721. The van der Waals surface area contributed by atoms with Gasteiger partial charge in [-0.15, -0.1) is 0 Å². The first-order chi connectivity index (χ1) is 14.0. The number of nitrogens with zero attached hydrogens (tertiary/aromatic N) is 2. The minimum absolute atomic E-state index is 0.0640. The van der Waals surface area contributed by atoms with Gasteiger partial charge in [0, 0.05) is 18.3 Å². The van der Waals surface area contributed by atoms with Gasteiger partial charge in [-0.2, -0.15) is 11.8 Å². The Balaban J connectivity index is 1.35. The smallest absolute Gasteiger partial charge is 0.325 e. The van der Waals surface area contributed by atoms with Crippen molar-refractivity contribution in [1.82, 2.24) is 15.1 Å². The molecule has 29 heavy (non-hydrogen) atoms. The molecule has 3 saturated heterocycles. The summed E-state index contributed by atoms with van der Waals surface area (Å²) in [5.41, 5.74) is 0.316. The molecule has 3 aliphatic heterocycles. The number of benzene rings is 1. The van der Waals surface area contributed by atoms with Crippen molar-refractivity contribution in [3.63, 3.8) is 0 Å². The summed E-state index contributed by atoms with van der Waals surface area (Å²) in [6, 6.07) is 8.22. The number of carbonyl (C=O) groups excluding carboxylic acids is 2. The number of carbonyl (C=O) groups is 2. The summed E-state index contributed by atoms with van der Waals surface area (Å²) < 4.78 is 5.18. The predicted octanol–water partition coefficient (Wildman–Crippen LogP) is 2.77. The highest BCUT2D eigenvalue weighted by Crippen LogP contribution is 2.35. The molecule has 0 spiro atoms. The molecule has 0 saturated carbocycles. The second-order valence-corrected chi connectivity index (χ2v) is 9.66. The minimum Gasteiger partial charge on any atom is -0.497 e. The summed E-state index contributed by atoms with van der Waals surface area (Å²) in [7, 11) is 1.64. The monoisotopic (exact) mass is 417 g/mol. The lowest BCUT2D eigenvalue weighted by atomic mass is 9.78. The maximum Gasteiger partial charge on any atom is 0.325 e. The SMILES string of the molecule is COc1ccc(CCN2C(=O)NC(C)(C3CCN(C4CCSC4)CC3)C2=O)cc1. The van der Waals surface area contributed by atoms with Crippen molar-refractivity contribution < 1.29 is 14.3 Å². The third kappa shape index (κ3) is 4.12. The van der Waals surface area contributed by atoms with Crippen LogP contribution in [0.25, 0.3) is 0 Å². The van der Waals surface area contributed by atoms with Crippen LogP contribution in [0.15, 0.2) is 24.3 Å². The van der Waals surface area contributed by atoms with Crippen LogP contribution in [0.1, 0.15) is 31.7 Å². The van der Waals surface area contributed by atoms with Crippen molar-refractivity contribution in [2.24, 2.45) is 5.92 Å². The molecular formula is C22H31N3O3S. The number of imide groups is 1. The fourth-order valence-electron chi connectivity index (χ4n) is 4.88. The van der Waals surface area contributed by atoms with Gasteiger partial charge >= 0.3 is 6.03 Å². The molecule has 0 bridgehead atoms. The summed E-state index contributed by atoms with van der Waals surface area (Å²) in [5.74, 6) is 3.44. The molecule has 2 atom stereocenters. The van der Waals surface area contributed by atoms with Crippen molar-refractivity contribution in [2.75, 3.05) is 38.2 Å². The number of likely N-dealkylation sites (tertiary alicyclic amines) is 1. The second kappa shape index (κ2) is 8.56. The van der Waals surface area contributed by atoms with Gasteiger partial charge in [-0.25, -0.2) is 4.79 Å². The Bertz CT molecular complexity index is 742. The molecule has 0 aliphatic carbocycles. The number of methoxy groups -OCH3 is 1. The largest absolute Gasteiger partial charge is 0.497 e. The summed E-state index contributed by atoms with van der Waals surface area (Å²) in [4.78, 5) is 29.8. The van der Waals surface area contributed by atoms with Gasteiger partial charge in [-0.3, -0.25) is 14.6 Å². The summed E-state index contributed by atoms with van der Waals surface area (Å²) in [5, 5.41) is 3.03. The van der Waals surface area contributed by atoms with Gasteiger partial charge < -0.3 is 10.1 Å². The molecule has 7 heteroatoms. The molecule has 1 N–H and O–H groups in total. The Morgan fingerprint density at radius 2 is 1.90 bits per heavy atom.